The Morgan fingerprint density at radius 1 is 0.679 bits per heavy atom. The van der Waals surface area contributed by atoms with Gasteiger partial charge in [0.1, 0.15) is 13.2 Å². The molecule has 3 atom stereocenters. The highest BCUT2D eigenvalue weighted by atomic mass is 31.2. The van der Waals surface area contributed by atoms with Crippen LogP contribution in [-0.4, -0.2) is 68.5 Å². The second-order valence-electron chi connectivity index (χ2n) is 14.9. The van der Waals surface area contributed by atoms with E-state index in [0.717, 1.165) is 77.0 Å². The number of unbranched alkanes of at least 4 members (excludes halogenated alkanes) is 13. The first kappa shape index (κ1) is 50.9. The highest BCUT2D eigenvalue weighted by Gasteiger charge is 2.23. The first-order chi connectivity index (χ1) is 25.5. The Labute approximate surface area is 325 Å². The third kappa shape index (κ3) is 38.0. The van der Waals surface area contributed by atoms with Gasteiger partial charge in [-0.25, -0.2) is 0 Å². The summed E-state index contributed by atoms with van der Waals surface area (Å²) in [6.07, 6.45) is 46.8. The quantitative estimate of drug-likeness (QED) is 0.0285. The number of quaternary nitrogens is 1. The fourth-order valence-corrected chi connectivity index (χ4v) is 6.04. The molecule has 0 saturated heterocycles. The van der Waals surface area contributed by atoms with Crippen LogP contribution in [-0.2, 0) is 18.4 Å². The van der Waals surface area contributed by atoms with Crippen LogP contribution in [0.5, 0.6) is 0 Å². The lowest BCUT2D eigenvalue weighted by Crippen LogP contribution is -2.45. The lowest BCUT2D eigenvalue weighted by molar-refractivity contribution is -0.870. The lowest BCUT2D eigenvalue weighted by atomic mass is 10.0. The predicted octanol–water partition coefficient (Wildman–Crippen LogP) is 10.6. The van der Waals surface area contributed by atoms with E-state index in [4.69, 9.17) is 9.05 Å². The fourth-order valence-electron chi connectivity index (χ4n) is 5.32. The molecule has 306 valence electrons. The molecule has 0 radical (unpaired) electrons. The van der Waals surface area contributed by atoms with Crippen molar-refractivity contribution in [1.29, 1.82) is 0 Å². The molecule has 0 rings (SSSR count). The van der Waals surface area contributed by atoms with Gasteiger partial charge in [-0.05, 0) is 64.2 Å². The molecule has 9 heteroatoms. The topological polar surface area (TPSA) is 108 Å². The average Bonchev–Trinajstić information content (AvgIpc) is 3.10. The predicted molar refractivity (Wildman–Crippen MR) is 223 cm³/mol. The minimum absolute atomic E-state index is 0.0111. The number of nitrogens with zero attached hydrogens (tertiary/aromatic N) is 1. The van der Waals surface area contributed by atoms with Crippen molar-refractivity contribution in [3.63, 3.8) is 0 Å². The van der Waals surface area contributed by atoms with E-state index in [9.17, 15) is 19.4 Å². The standard InChI is InChI=1S/C44H79N2O6P/c1-6-8-10-12-14-16-17-18-19-20-21-22-23-24-25-26-27-28-29-30-32-34-36-38-44(48)45-42(41-52-53(49,50)51-40-39-46(3,4)5)43(47)37-35-33-31-15-13-11-9-7-2/h8,10,13-16,18-19,21-22,35,37,42-43,47H,6-7,9,11-12,17,20,23-34,36,38-41H2,1-5H3,(H-,45,48,49,50)/b10-8-,15-13+,16-14-,19-18-,22-21-,37-35+. The third-order valence-corrected chi connectivity index (χ3v) is 9.61. The number of aliphatic hydroxyl groups excluding tert-OH is 1. The normalized spacial score (nSPS) is 15.2. The number of hydrogen-bond acceptors (Lipinski definition) is 6. The number of phosphoric acid groups is 1. The summed E-state index contributed by atoms with van der Waals surface area (Å²) in [4.78, 5) is 25.2. The lowest BCUT2D eigenvalue weighted by Gasteiger charge is -2.29. The maximum atomic E-state index is 12.8. The minimum Gasteiger partial charge on any atom is -0.756 e. The molecule has 0 fully saturated rings. The van der Waals surface area contributed by atoms with Crippen molar-refractivity contribution in [3.05, 3.63) is 72.9 Å². The summed E-state index contributed by atoms with van der Waals surface area (Å²) in [7, 11) is 1.22. The van der Waals surface area contributed by atoms with Crippen LogP contribution in [0, 0.1) is 0 Å². The molecule has 0 aromatic heterocycles. The number of carbonyl (C=O) groups is 1. The molecular formula is C44H79N2O6P. The van der Waals surface area contributed by atoms with Gasteiger partial charge in [0.05, 0.1) is 39.9 Å². The van der Waals surface area contributed by atoms with Crippen LogP contribution in [0.3, 0.4) is 0 Å². The molecule has 0 aliphatic carbocycles. The van der Waals surface area contributed by atoms with Crippen LogP contribution in [0.2, 0.25) is 0 Å². The highest BCUT2D eigenvalue weighted by molar-refractivity contribution is 7.45. The van der Waals surface area contributed by atoms with Crippen molar-refractivity contribution in [1.82, 2.24) is 5.32 Å². The average molecular weight is 763 g/mol. The van der Waals surface area contributed by atoms with Crippen LogP contribution >= 0.6 is 7.82 Å². The number of phosphoric ester groups is 1. The number of aliphatic hydroxyl groups is 1. The van der Waals surface area contributed by atoms with Crippen LogP contribution in [0.4, 0.5) is 0 Å². The molecule has 0 aromatic carbocycles. The van der Waals surface area contributed by atoms with Gasteiger partial charge in [-0.2, -0.15) is 0 Å². The molecule has 0 spiro atoms. The van der Waals surface area contributed by atoms with Crippen molar-refractivity contribution in [2.24, 2.45) is 0 Å². The van der Waals surface area contributed by atoms with E-state index in [1.54, 1.807) is 6.08 Å². The number of nitrogens with one attached hydrogen (secondary N) is 1. The van der Waals surface area contributed by atoms with Gasteiger partial charge in [0.15, 0.2) is 0 Å². The van der Waals surface area contributed by atoms with Gasteiger partial charge in [0, 0.05) is 6.42 Å². The second-order valence-corrected chi connectivity index (χ2v) is 16.4. The van der Waals surface area contributed by atoms with Crippen LogP contribution in [0.25, 0.3) is 0 Å². The van der Waals surface area contributed by atoms with E-state index in [1.807, 2.05) is 27.2 Å². The molecule has 0 heterocycles. The Morgan fingerprint density at radius 2 is 1.17 bits per heavy atom. The van der Waals surface area contributed by atoms with Gasteiger partial charge < -0.3 is 28.8 Å². The number of amides is 1. The summed E-state index contributed by atoms with van der Waals surface area (Å²) < 4.78 is 23.0. The van der Waals surface area contributed by atoms with E-state index in [1.165, 1.54) is 51.4 Å². The zero-order valence-corrected chi connectivity index (χ0v) is 35.3. The SMILES string of the molecule is CC/C=C\C/C=C\C/C=C\C/C=C\CCCCCCCCCCCCC(=O)NC(COP(=O)([O-])OCC[N+](C)(C)C)C(O)/C=C/CC/C=C/CCCC. The maximum absolute atomic E-state index is 12.8. The molecule has 8 nitrogen and oxygen atoms in total. The van der Waals surface area contributed by atoms with Crippen LogP contribution in [0.15, 0.2) is 72.9 Å². The summed E-state index contributed by atoms with van der Waals surface area (Å²) in [5.74, 6) is -0.220. The van der Waals surface area contributed by atoms with E-state index >= 15 is 0 Å². The highest BCUT2D eigenvalue weighted by Crippen LogP contribution is 2.38. The Bertz CT molecular complexity index is 1090. The summed E-state index contributed by atoms with van der Waals surface area (Å²) in [5, 5.41) is 13.6. The minimum atomic E-state index is -4.59. The Morgan fingerprint density at radius 3 is 1.75 bits per heavy atom. The van der Waals surface area contributed by atoms with Crippen molar-refractivity contribution < 1.29 is 32.9 Å². The molecule has 2 N–H and O–H groups in total. The number of rotatable bonds is 36. The molecule has 0 saturated carbocycles. The molecule has 1 amide bonds. The number of carbonyl (C=O) groups excluding carboxylic acids is 1. The summed E-state index contributed by atoms with van der Waals surface area (Å²) in [6.45, 7) is 4.40. The van der Waals surface area contributed by atoms with Gasteiger partial charge in [-0.1, -0.05) is 151 Å². The number of hydrogen-bond donors (Lipinski definition) is 2. The fraction of sp³-hybridized carbons (Fsp3) is 0.705. The second kappa shape index (κ2) is 35.6. The Kier molecular flexibility index (Phi) is 34.2. The Hall–Kier alpha value is -2.06. The summed E-state index contributed by atoms with van der Waals surface area (Å²) in [5.41, 5.74) is 0. The Balaban J connectivity index is 4.27. The summed E-state index contributed by atoms with van der Waals surface area (Å²) >= 11 is 0. The van der Waals surface area contributed by atoms with E-state index in [2.05, 4.69) is 79.9 Å². The molecule has 0 aliphatic rings. The van der Waals surface area contributed by atoms with Crippen molar-refractivity contribution >= 4 is 13.7 Å². The monoisotopic (exact) mass is 763 g/mol. The zero-order chi connectivity index (χ0) is 39.3. The molecule has 0 aromatic rings. The van der Waals surface area contributed by atoms with Crippen molar-refractivity contribution in [2.45, 2.75) is 161 Å². The largest absolute Gasteiger partial charge is 0.756 e. The first-order valence-corrected chi connectivity index (χ1v) is 22.3. The van der Waals surface area contributed by atoms with Crippen LogP contribution < -0.4 is 10.2 Å². The summed E-state index contributed by atoms with van der Waals surface area (Å²) in [6, 6.07) is -0.906. The van der Waals surface area contributed by atoms with Gasteiger partial charge in [-0.15, -0.1) is 0 Å². The van der Waals surface area contributed by atoms with Gasteiger partial charge in [0.2, 0.25) is 5.91 Å². The molecule has 0 aliphatic heterocycles. The van der Waals surface area contributed by atoms with E-state index in [0.29, 0.717) is 17.4 Å². The third-order valence-electron chi connectivity index (χ3n) is 8.65. The first-order valence-electron chi connectivity index (χ1n) is 20.8. The number of likely N-dealkylation sites (N-methyl/N-ethyl adjacent to an activating group) is 1. The number of allylic oxidation sites excluding steroid dienone is 11. The smallest absolute Gasteiger partial charge is 0.268 e. The molecular weight excluding hydrogens is 683 g/mol. The molecule has 3 unspecified atom stereocenters. The van der Waals surface area contributed by atoms with Crippen molar-refractivity contribution in [3.8, 4) is 0 Å². The van der Waals surface area contributed by atoms with E-state index in [-0.39, 0.29) is 12.5 Å². The van der Waals surface area contributed by atoms with Crippen molar-refractivity contribution in [2.75, 3.05) is 40.9 Å². The zero-order valence-electron chi connectivity index (χ0n) is 34.4. The van der Waals surface area contributed by atoms with Crippen LogP contribution in [0.1, 0.15) is 149 Å². The maximum Gasteiger partial charge on any atom is 0.268 e. The van der Waals surface area contributed by atoms with E-state index < -0.39 is 26.6 Å². The van der Waals surface area contributed by atoms with Gasteiger partial charge >= 0.3 is 0 Å². The van der Waals surface area contributed by atoms with Gasteiger partial charge in [-0.3, -0.25) is 9.36 Å². The molecule has 53 heavy (non-hydrogen) atoms. The van der Waals surface area contributed by atoms with Gasteiger partial charge in [0.25, 0.3) is 7.82 Å². The molecule has 0 bridgehead atoms.